The molecule has 20 heteroatoms. The van der Waals surface area contributed by atoms with Crippen LogP contribution in [0.2, 0.25) is 0 Å². The fourth-order valence-electron chi connectivity index (χ4n) is 7.38. The van der Waals surface area contributed by atoms with E-state index in [9.17, 15) is 48.3 Å². The molecule has 0 fully saturated rings. The van der Waals surface area contributed by atoms with E-state index >= 15 is 0 Å². The van der Waals surface area contributed by atoms with Gasteiger partial charge in [-0.15, -0.1) is 0 Å². The number of primary amides is 1. The van der Waals surface area contributed by atoms with E-state index in [2.05, 4.69) is 37.2 Å². The molecule has 12 N–H and O–H groups in total. The predicted molar refractivity (Wildman–Crippen MR) is 261 cm³/mol. The minimum Gasteiger partial charge on any atom is -0.480 e. The maximum absolute atomic E-state index is 14.6. The zero-order chi connectivity index (χ0) is 51.6. The van der Waals surface area contributed by atoms with Crippen molar-refractivity contribution in [1.82, 2.24) is 42.1 Å². The Bertz CT molecular complexity index is 1990. The second kappa shape index (κ2) is 30.9. The Labute approximate surface area is 406 Å². The number of amides is 8. The summed E-state index contributed by atoms with van der Waals surface area (Å²) in [6.45, 7) is 9.14. The Kier molecular flexibility index (Phi) is 26.3. The summed E-state index contributed by atoms with van der Waals surface area (Å²) in [5, 5.41) is 28.4. The van der Waals surface area contributed by atoms with Crippen LogP contribution in [-0.4, -0.2) is 133 Å². The summed E-state index contributed by atoms with van der Waals surface area (Å²) in [5.41, 5.74) is 12.5. The number of carboxylic acid groups (broad SMARTS) is 1. The van der Waals surface area contributed by atoms with E-state index in [1.807, 2.05) is 19.0 Å². The van der Waals surface area contributed by atoms with Gasteiger partial charge in [0.1, 0.15) is 42.3 Å². The lowest BCUT2D eigenvalue weighted by Crippen LogP contribution is -2.61. The van der Waals surface area contributed by atoms with Crippen molar-refractivity contribution in [1.29, 1.82) is 0 Å². The van der Waals surface area contributed by atoms with Crippen LogP contribution in [0, 0.1) is 11.8 Å². The average Bonchev–Trinajstić information content (AvgIpc) is 3.29. The minimum atomic E-state index is -1.59. The van der Waals surface area contributed by atoms with Crippen LogP contribution in [0.3, 0.4) is 0 Å². The highest BCUT2D eigenvalue weighted by Crippen LogP contribution is 2.13. The number of carboxylic acids is 1. The second-order valence-corrected chi connectivity index (χ2v) is 18.1. The van der Waals surface area contributed by atoms with Crippen molar-refractivity contribution in [3.63, 3.8) is 0 Å². The molecule has 8 atom stereocenters. The number of nitrogens with two attached hydrogens (primary N) is 2. The van der Waals surface area contributed by atoms with Crippen molar-refractivity contribution >= 4 is 53.2 Å². The van der Waals surface area contributed by atoms with E-state index in [4.69, 9.17) is 11.5 Å². The van der Waals surface area contributed by atoms with Crippen LogP contribution in [0.5, 0.6) is 0 Å². The molecular weight excluding hydrogens is 889 g/mol. The zero-order valence-corrected chi connectivity index (χ0v) is 41.2. The smallest absolute Gasteiger partial charge is 0.326 e. The molecule has 20 nitrogen and oxygen atoms in total. The number of benzene rings is 2. The molecule has 0 radical (unpaired) electrons. The fraction of sp³-hybridized carbons (Fsp3) is 0.571. The quantitative estimate of drug-likeness (QED) is 0.0446. The van der Waals surface area contributed by atoms with Crippen LogP contribution in [0.25, 0.3) is 0 Å². The van der Waals surface area contributed by atoms with Crippen molar-refractivity contribution in [3.8, 4) is 0 Å². The lowest BCUT2D eigenvalue weighted by Gasteiger charge is -2.28. The third kappa shape index (κ3) is 22.1. The summed E-state index contributed by atoms with van der Waals surface area (Å²) in [4.78, 5) is 123. The number of hydrogen-bond acceptors (Lipinski definition) is 11. The maximum atomic E-state index is 14.6. The Hall–Kier alpha value is -6.41. The molecule has 382 valence electrons. The van der Waals surface area contributed by atoms with Gasteiger partial charge in [0.15, 0.2) is 0 Å². The molecule has 0 saturated carbocycles. The maximum Gasteiger partial charge on any atom is 0.326 e. The fourth-order valence-corrected chi connectivity index (χ4v) is 7.38. The Balaban J connectivity index is 2.57. The lowest BCUT2D eigenvalue weighted by molar-refractivity contribution is -0.144. The van der Waals surface area contributed by atoms with Crippen molar-refractivity contribution in [3.05, 3.63) is 71.8 Å². The number of rotatable bonds is 32. The summed E-state index contributed by atoms with van der Waals surface area (Å²) in [6, 6.07) is 8.67. The summed E-state index contributed by atoms with van der Waals surface area (Å²) in [5.74, 6) is -8.14. The minimum absolute atomic E-state index is 0.0257. The summed E-state index contributed by atoms with van der Waals surface area (Å²) < 4.78 is 0. The summed E-state index contributed by atoms with van der Waals surface area (Å²) >= 11 is 0. The van der Waals surface area contributed by atoms with Gasteiger partial charge >= 0.3 is 5.97 Å². The SMILES string of the molecule is CC[C@H](C)[C@H](NC(=O)[C@H](CC(N)=O)NC(=O)[C@H](CCCCN(C)C)NC(=O)[C@H](Cc1ccccc1)NC(=O)[C@H](Cc1ccccc1)NC(=O)[C@H](CCCCN)NC(=O)[C@@H](NC(C)=O)C(C)C)C(=O)O. The van der Waals surface area contributed by atoms with Gasteiger partial charge in [-0.05, 0) is 88.7 Å². The molecule has 2 aromatic carbocycles. The molecule has 0 spiro atoms. The molecule has 8 amide bonds. The van der Waals surface area contributed by atoms with E-state index in [1.54, 1.807) is 88.4 Å². The van der Waals surface area contributed by atoms with Gasteiger partial charge in [-0.3, -0.25) is 38.4 Å². The standard InChI is InChI=1S/C49H76N10O10/c1-8-31(4)42(49(68)69)58-47(66)39(29-40(51)61)57-43(62)35(24-16-18-26-59(6)7)53-45(64)37(27-33-19-11-9-12-20-33)56-46(65)38(28-34-21-13-10-14-22-34)55-44(63)36(23-15-17-25-50)54-48(67)41(30(2)3)52-32(5)60/h9-14,19-22,30-31,35-39,41-42H,8,15-18,23-29,50H2,1-7H3,(H2,51,61)(H,52,60)(H,53,64)(H,54,67)(H,55,63)(H,56,65)(H,57,62)(H,58,66)(H,68,69)/t31-,35-,36-,37-,38-,39-,41-,42-/m0/s1. The van der Waals surface area contributed by atoms with E-state index < -0.39 is 108 Å². The van der Waals surface area contributed by atoms with E-state index in [0.717, 1.165) is 0 Å². The lowest BCUT2D eigenvalue weighted by atomic mass is 9.98. The van der Waals surface area contributed by atoms with Gasteiger partial charge in [-0.1, -0.05) is 94.8 Å². The van der Waals surface area contributed by atoms with Gasteiger partial charge < -0.3 is 58.7 Å². The van der Waals surface area contributed by atoms with E-state index in [1.165, 1.54) is 6.92 Å². The molecular formula is C49H76N10O10. The molecule has 69 heavy (non-hydrogen) atoms. The number of hydrogen-bond donors (Lipinski definition) is 10. The van der Waals surface area contributed by atoms with E-state index in [-0.39, 0.29) is 31.6 Å². The van der Waals surface area contributed by atoms with Crippen molar-refractivity contribution in [2.75, 3.05) is 27.2 Å². The van der Waals surface area contributed by atoms with Crippen molar-refractivity contribution < 1.29 is 48.3 Å². The van der Waals surface area contributed by atoms with Gasteiger partial charge in [0.2, 0.25) is 47.3 Å². The van der Waals surface area contributed by atoms with Crippen LogP contribution in [-0.2, 0) is 56.0 Å². The normalized spacial score (nSPS) is 14.6. The van der Waals surface area contributed by atoms with Crippen LogP contribution in [0.4, 0.5) is 0 Å². The first kappa shape index (κ1) is 58.7. The number of nitrogens with zero attached hydrogens (tertiary/aromatic N) is 1. The molecule has 2 rings (SSSR count). The van der Waals surface area contributed by atoms with Crippen LogP contribution >= 0.6 is 0 Å². The second-order valence-electron chi connectivity index (χ2n) is 18.1. The Morgan fingerprint density at radius 1 is 0.565 bits per heavy atom. The highest BCUT2D eigenvalue weighted by Gasteiger charge is 2.35. The molecule has 0 aromatic heterocycles. The number of carbonyl (C=O) groups excluding carboxylic acids is 8. The summed E-state index contributed by atoms with van der Waals surface area (Å²) in [6.07, 6.45) is 1.90. The first-order valence-corrected chi connectivity index (χ1v) is 23.7. The summed E-state index contributed by atoms with van der Waals surface area (Å²) in [7, 11) is 3.75. The van der Waals surface area contributed by atoms with Gasteiger partial charge in [-0.25, -0.2) is 4.79 Å². The average molecular weight is 965 g/mol. The number of unbranched alkanes of at least 4 members (excludes halogenated alkanes) is 2. The molecule has 0 saturated heterocycles. The number of aliphatic carboxylic acids is 1. The third-order valence-electron chi connectivity index (χ3n) is 11.5. The third-order valence-corrected chi connectivity index (χ3v) is 11.5. The zero-order valence-electron chi connectivity index (χ0n) is 41.2. The molecule has 0 bridgehead atoms. The molecule has 0 unspecified atom stereocenters. The Morgan fingerprint density at radius 2 is 0.986 bits per heavy atom. The first-order valence-electron chi connectivity index (χ1n) is 23.7. The van der Waals surface area contributed by atoms with E-state index in [0.29, 0.717) is 56.3 Å². The van der Waals surface area contributed by atoms with Crippen LogP contribution in [0.15, 0.2) is 60.7 Å². The highest BCUT2D eigenvalue weighted by molar-refractivity contribution is 5.98. The van der Waals surface area contributed by atoms with Crippen LogP contribution < -0.4 is 48.7 Å². The molecule has 0 heterocycles. The van der Waals surface area contributed by atoms with Gasteiger partial charge in [0.25, 0.3) is 0 Å². The van der Waals surface area contributed by atoms with Crippen LogP contribution in [0.1, 0.15) is 97.1 Å². The molecule has 0 aliphatic carbocycles. The van der Waals surface area contributed by atoms with Gasteiger partial charge in [0.05, 0.1) is 6.42 Å². The van der Waals surface area contributed by atoms with Gasteiger partial charge in [0, 0.05) is 19.8 Å². The highest BCUT2D eigenvalue weighted by atomic mass is 16.4. The molecule has 2 aromatic rings. The molecule has 0 aliphatic rings. The predicted octanol–water partition coefficient (Wildman–Crippen LogP) is 0.408. The first-order chi connectivity index (χ1) is 32.7. The Morgan fingerprint density at radius 3 is 1.39 bits per heavy atom. The number of carbonyl (C=O) groups is 9. The van der Waals surface area contributed by atoms with Crippen molar-refractivity contribution in [2.45, 2.75) is 141 Å². The number of nitrogens with one attached hydrogen (secondary N) is 7. The van der Waals surface area contributed by atoms with Gasteiger partial charge in [-0.2, -0.15) is 0 Å². The largest absolute Gasteiger partial charge is 0.480 e. The molecule has 0 aliphatic heterocycles. The monoisotopic (exact) mass is 965 g/mol. The topological polar surface area (TPSA) is 313 Å². The van der Waals surface area contributed by atoms with Crippen molar-refractivity contribution in [2.24, 2.45) is 23.3 Å².